The number of anilines is 1. The SMILES string of the molecule is C=CCC(Sc1ccccc1)(Sc1ccccc1)C(=O)Nc1ccccc1. The normalized spacial score (nSPS) is 11.0. The van der Waals surface area contributed by atoms with E-state index in [4.69, 9.17) is 0 Å². The summed E-state index contributed by atoms with van der Waals surface area (Å²) >= 11 is 3.13. The van der Waals surface area contributed by atoms with Gasteiger partial charge in [0.15, 0.2) is 4.08 Å². The van der Waals surface area contributed by atoms with E-state index in [-0.39, 0.29) is 5.91 Å². The van der Waals surface area contributed by atoms with E-state index < -0.39 is 4.08 Å². The highest BCUT2D eigenvalue weighted by molar-refractivity contribution is 8.19. The number of amides is 1. The Morgan fingerprint density at radius 3 is 1.70 bits per heavy atom. The van der Waals surface area contributed by atoms with E-state index >= 15 is 0 Å². The lowest BCUT2D eigenvalue weighted by molar-refractivity contribution is -0.116. The van der Waals surface area contributed by atoms with Crippen LogP contribution < -0.4 is 5.32 Å². The quantitative estimate of drug-likeness (QED) is 0.271. The van der Waals surface area contributed by atoms with Crippen LogP contribution in [0.4, 0.5) is 5.69 Å². The fourth-order valence-electron chi connectivity index (χ4n) is 2.59. The molecule has 0 spiro atoms. The van der Waals surface area contributed by atoms with E-state index in [1.807, 2.05) is 97.1 Å². The molecule has 0 unspecified atom stereocenters. The van der Waals surface area contributed by atoms with Crippen molar-refractivity contribution in [3.8, 4) is 0 Å². The topological polar surface area (TPSA) is 29.1 Å². The van der Waals surface area contributed by atoms with Crippen molar-refractivity contribution in [2.24, 2.45) is 0 Å². The molecule has 0 radical (unpaired) electrons. The number of rotatable bonds is 8. The van der Waals surface area contributed by atoms with Gasteiger partial charge in [-0.25, -0.2) is 0 Å². The smallest absolute Gasteiger partial charge is 0.251 e. The largest absolute Gasteiger partial charge is 0.324 e. The maximum atomic E-state index is 13.4. The molecule has 0 aliphatic carbocycles. The third-order valence-corrected chi connectivity index (χ3v) is 6.72. The Bertz CT molecular complexity index is 825. The van der Waals surface area contributed by atoms with E-state index in [0.29, 0.717) is 6.42 Å². The molecule has 0 aliphatic heterocycles. The minimum Gasteiger partial charge on any atom is -0.324 e. The fraction of sp³-hybridized carbons (Fsp3) is 0.0870. The van der Waals surface area contributed by atoms with Crippen molar-refractivity contribution >= 4 is 35.1 Å². The number of benzene rings is 3. The third-order valence-electron chi connectivity index (χ3n) is 3.84. The summed E-state index contributed by atoms with van der Waals surface area (Å²) in [5.74, 6) is -0.0451. The highest BCUT2D eigenvalue weighted by atomic mass is 32.2. The third kappa shape index (κ3) is 5.28. The number of carbonyl (C=O) groups excluding carboxylic acids is 1. The first-order chi connectivity index (χ1) is 13.2. The van der Waals surface area contributed by atoms with E-state index in [0.717, 1.165) is 15.5 Å². The molecule has 136 valence electrons. The van der Waals surface area contributed by atoms with Crippen LogP contribution in [0.25, 0.3) is 0 Å². The van der Waals surface area contributed by atoms with Crippen LogP contribution in [0.15, 0.2) is 113 Å². The second-order valence-electron chi connectivity index (χ2n) is 5.90. The van der Waals surface area contributed by atoms with Crippen molar-refractivity contribution in [3.63, 3.8) is 0 Å². The van der Waals surface area contributed by atoms with E-state index in [2.05, 4.69) is 11.9 Å². The minimum absolute atomic E-state index is 0.0451. The van der Waals surface area contributed by atoms with Crippen molar-refractivity contribution in [3.05, 3.63) is 104 Å². The lowest BCUT2D eigenvalue weighted by Crippen LogP contribution is -2.36. The lowest BCUT2D eigenvalue weighted by Gasteiger charge is -2.30. The molecule has 0 aromatic heterocycles. The Labute approximate surface area is 169 Å². The zero-order valence-electron chi connectivity index (χ0n) is 14.9. The second kappa shape index (κ2) is 9.49. The second-order valence-corrected chi connectivity index (χ2v) is 8.90. The van der Waals surface area contributed by atoms with Crippen LogP contribution in [0.3, 0.4) is 0 Å². The molecular weight excluding hydrogens is 370 g/mol. The molecule has 0 saturated heterocycles. The zero-order chi connectivity index (χ0) is 19.0. The average molecular weight is 392 g/mol. The van der Waals surface area contributed by atoms with Gasteiger partial charge in [-0.05, 0) is 42.8 Å². The van der Waals surface area contributed by atoms with Crippen LogP contribution in [-0.2, 0) is 4.79 Å². The van der Waals surface area contributed by atoms with E-state index in [1.54, 1.807) is 23.5 Å². The first kappa shape index (κ1) is 19.3. The van der Waals surface area contributed by atoms with Crippen molar-refractivity contribution in [2.45, 2.75) is 20.3 Å². The Morgan fingerprint density at radius 2 is 1.26 bits per heavy atom. The molecule has 0 heterocycles. The van der Waals surface area contributed by atoms with Crippen LogP contribution in [-0.4, -0.2) is 9.99 Å². The summed E-state index contributed by atoms with van der Waals surface area (Å²) in [4.78, 5) is 15.5. The predicted molar refractivity (Wildman–Crippen MR) is 117 cm³/mol. The Morgan fingerprint density at radius 1 is 0.815 bits per heavy atom. The van der Waals surface area contributed by atoms with Crippen molar-refractivity contribution in [1.82, 2.24) is 0 Å². The highest BCUT2D eigenvalue weighted by Gasteiger charge is 2.40. The van der Waals surface area contributed by atoms with E-state index in [9.17, 15) is 4.79 Å². The molecule has 3 aromatic carbocycles. The summed E-state index contributed by atoms with van der Waals surface area (Å²) in [6, 6.07) is 29.6. The van der Waals surface area contributed by atoms with Gasteiger partial charge in [-0.3, -0.25) is 4.79 Å². The molecule has 0 atom stereocenters. The predicted octanol–water partition coefficient (Wildman–Crippen LogP) is 6.48. The minimum atomic E-state index is -0.764. The first-order valence-electron chi connectivity index (χ1n) is 8.67. The fourth-order valence-corrected chi connectivity index (χ4v) is 5.37. The number of carbonyl (C=O) groups is 1. The Hall–Kier alpha value is -2.43. The molecule has 3 aromatic rings. The number of allylic oxidation sites excluding steroid dienone is 1. The monoisotopic (exact) mass is 391 g/mol. The van der Waals surface area contributed by atoms with Gasteiger partial charge in [0, 0.05) is 15.5 Å². The van der Waals surface area contributed by atoms with Gasteiger partial charge in [0.05, 0.1) is 0 Å². The number of hydrogen-bond donors (Lipinski definition) is 1. The van der Waals surface area contributed by atoms with Gasteiger partial charge in [-0.15, -0.1) is 6.58 Å². The van der Waals surface area contributed by atoms with Crippen molar-refractivity contribution in [2.75, 3.05) is 5.32 Å². The summed E-state index contributed by atoms with van der Waals surface area (Å²) in [5, 5.41) is 3.08. The van der Waals surface area contributed by atoms with Crippen molar-refractivity contribution in [1.29, 1.82) is 0 Å². The Balaban J connectivity index is 1.96. The zero-order valence-corrected chi connectivity index (χ0v) is 16.5. The summed E-state index contributed by atoms with van der Waals surface area (Å²) in [6.07, 6.45) is 2.35. The molecule has 0 saturated carbocycles. The van der Waals surface area contributed by atoms with Gasteiger partial charge >= 0.3 is 0 Å². The van der Waals surface area contributed by atoms with Gasteiger partial charge in [0.2, 0.25) is 0 Å². The molecule has 27 heavy (non-hydrogen) atoms. The average Bonchev–Trinajstić information content (AvgIpc) is 2.70. The first-order valence-corrected chi connectivity index (χ1v) is 10.3. The standard InChI is InChI=1S/C23H21NOS2/c1-2-18-23(26-20-14-8-4-9-15-20,27-21-16-10-5-11-17-21)22(25)24-19-12-6-3-7-13-19/h2-17H,1,18H2,(H,24,25). The van der Waals surface area contributed by atoms with Crippen molar-refractivity contribution < 1.29 is 4.79 Å². The summed E-state index contributed by atoms with van der Waals surface area (Å²) in [7, 11) is 0. The van der Waals surface area contributed by atoms with Crippen LogP contribution in [0, 0.1) is 0 Å². The van der Waals surface area contributed by atoms with Gasteiger partial charge < -0.3 is 5.32 Å². The van der Waals surface area contributed by atoms with Gasteiger partial charge in [0.1, 0.15) is 0 Å². The molecule has 0 aliphatic rings. The highest BCUT2D eigenvalue weighted by Crippen LogP contribution is 2.48. The molecule has 3 rings (SSSR count). The number of para-hydroxylation sites is 1. The van der Waals surface area contributed by atoms with Gasteiger partial charge in [-0.1, -0.05) is 84.2 Å². The number of hydrogen-bond acceptors (Lipinski definition) is 3. The summed E-state index contributed by atoms with van der Waals surface area (Å²) < 4.78 is -0.764. The molecule has 4 heteroatoms. The molecular formula is C23H21NOS2. The van der Waals surface area contributed by atoms with Crippen LogP contribution in [0.5, 0.6) is 0 Å². The van der Waals surface area contributed by atoms with Gasteiger partial charge in [0.25, 0.3) is 5.91 Å². The molecule has 0 bridgehead atoms. The van der Waals surface area contributed by atoms with Gasteiger partial charge in [-0.2, -0.15) is 0 Å². The maximum Gasteiger partial charge on any atom is 0.251 e. The van der Waals surface area contributed by atoms with E-state index in [1.165, 1.54) is 0 Å². The number of nitrogens with one attached hydrogen (secondary N) is 1. The summed E-state index contributed by atoms with van der Waals surface area (Å²) in [6.45, 7) is 3.91. The lowest BCUT2D eigenvalue weighted by atomic mass is 10.2. The van der Waals surface area contributed by atoms with Crippen LogP contribution in [0.2, 0.25) is 0 Å². The van der Waals surface area contributed by atoms with Crippen LogP contribution >= 0.6 is 23.5 Å². The number of thioether (sulfide) groups is 2. The maximum absolute atomic E-state index is 13.4. The molecule has 0 fully saturated rings. The molecule has 2 nitrogen and oxygen atoms in total. The molecule has 1 N–H and O–H groups in total. The summed E-state index contributed by atoms with van der Waals surface area (Å²) in [5.41, 5.74) is 0.790. The Kier molecular flexibility index (Phi) is 6.80. The molecule has 1 amide bonds. The van der Waals surface area contributed by atoms with Crippen LogP contribution in [0.1, 0.15) is 6.42 Å².